The van der Waals surface area contributed by atoms with E-state index in [4.69, 9.17) is 0 Å². The van der Waals surface area contributed by atoms with Crippen LogP contribution in [0.15, 0.2) is 18.5 Å². The smallest absolute Gasteiger partial charge is 0.225 e. The average Bonchev–Trinajstić information content (AvgIpc) is 2.61. The van der Waals surface area contributed by atoms with Crippen molar-refractivity contribution in [1.29, 1.82) is 0 Å². The van der Waals surface area contributed by atoms with E-state index in [9.17, 15) is 9.59 Å². The minimum atomic E-state index is -0.000445. The molecule has 7 heteroatoms. The zero-order valence-electron chi connectivity index (χ0n) is 13.9. The van der Waals surface area contributed by atoms with Crippen LogP contribution in [0.4, 0.5) is 5.95 Å². The normalized spacial score (nSPS) is 16.1. The van der Waals surface area contributed by atoms with Crippen molar-refractivity contribution in [2.75, 3.05) is 37.6 Å². The Morgan fingerprint density at radius 3 is 2.48 bits per heavy atom. The van der Waals surface area contributed by atoms with Crippen LogP contribution in [0, 0.1) is 5.92 Å². The summed E-state index contributed by atoms with van der Waals surface area (Å²) in [6.45, 7) is 7.06. The predicted molar refractivity (Wildman–Crippen MR) is 87.9 cm³/mol. The number of carbonyl (C=O) groups excluding carboxylic acids is 2. The van der Waals surface area contributed by atoms with E-state index in [-0.39, 0.29) is 17.7 Å². The first-order valence-corrected chi connectivity index (χ1v) is 8.19. The van der Waals surface area contributed by atoms with Gasteiger partial charge in [-0.15, -0.1) is 0 Å². The van der Waals surface area contributed by atoms with Crippen LogP contribution < -0.4 is 10.2 Å². The molecule has 2 amide bonds. The number of carbonyl (C=O) groups is 2. The Balaban J connectivity index is 1.70. The van der Waals surface area contributed by atoms with Crippen molar-refractivity contribution in [3.05, 3.63) is 18.5 Å². The molecule has 2 heterocycles. The van der Waals surface area contributed by atoms with Crippen molar-refractivity contribution in [3.8, 4) is 0 Å². The van der Waals surface area contributed by atoms with Gasteiger partial charge in [-0.3, -0.25) is 9.59 Å². The molecule has 1 fully saturated rings. The first-order chi connectivity index (χ1) is 11.1. The third kappa shape index (κ3) is 4.91. The number of amides is 2. The molecule has 0 bridgehead atoms. The van der Waals surface area contributed by atoms with Crippen LogP contribution in [0.3, 0.4) is 0 Å². The van der Waals surface area contributed by atoms with Crippen molar-refractivity contribution < 1.29 is 9.59 Å². The second-order valence-corrected chi connectivity index (χ2v) is 5.77. The van der Waals surface area contributed by atoms with Crippen molar-refractivity contribution in [3.63, 3.8) is 0 Å². The zero-order valence-corrected chi connectivity index (χ0v) is 13.9. The summed E-state index contributed by atoms with van der Waals surface area (Å²) in [7, 11) is 0. The Labute approximate surface area is 137 Å². The van der Waals surface area contributed by atoms with E-state index < -0.39 is 0 Å². The highest BCUT2D eigenvalue weighted by atomic mass is 16.2. The van der Waals surface area contributed by atoms with Crippen LogP contribution in [-0.4, -0.2) is 59.4 Å². The van der Waals surface area contributed by atoms with Gasteiger partial charge in [0.15, 0.2) is 0 Å². The number of nitrogens with one attached hydrogen (secondary N) is 1. The molecule has 0 aromatic carbocycles. The lowest BCUT2D eigenvalue weighted by Crippen LogP contribution is -2.49. The Hall–Kier alpha value is -2.18. The molecule has 1 N–H and O–H groups in total. The molecule has 0 saturated carbocycles. The molecule has 1 aromatic rings. The molecule has 0 spiro atoms. The topological polar surface area (TPSA) is 78.4 Å². The summed E-state index contributed by atoms with van der Waals surface area (Å²) in [5, 5.41) is 2.82. The van der Waals surface area contributed by atoms with Crippen molar-refractivity contribution >= 4 is 17.8 Å². The summed E-state index contributed by atoms with van der Waals surface area (Å²) in [5.41, 5.74) is 0. The molecule has 1 unspecified atom stereocenters. The van der Waals surface area contributed by atoms with Gasteiger partial charge < -0.3 is 15.1 Å². The number of hydrogen-bond acceptors (Lipinski definition) is 5. The molecule has 0 radical (unpaired) electrons. The minimum absolute atomic E-state index is 0.000445. The lowest BCUT2D eigenvalue weighted by molar-refractivity contribution is -0.131. The van der Waals surface area contributed by atoms with Gasteiger partial charge in [-0.25, -0.2) is 9.97 Å². The van der Waals surface area contributed by atoms with E-state index in [0.717, 1.165) is 19.5 Å². The summed E-state index contributed by atoms with van der Waals surface area (Å²) in [6.07, 6.45) is 4.60. The van der Waals surface area contributed by atoms with E-state index in [1.165, 1.54) is 0 Å². The van der Waals surface area contributed by atoms with Crippen LogP contribution >= 0.6 is 0 Å². The third-order valence-electron chi connectivity index (χ3n) is 4.17. The zero-order chi connectivity index (χ0) is 16.7. The fraction of sp³-hybridized carbons (Fsp3) is 0.625. The number of anilines is 1. The van der Waals surface area contributed by atoms with Crippen LogP contribution in [0.2, 0.25) is 0 Å². The molecule has 1 aliphatic heterocycles. The Bertz CT molecular complexity index is 514. The fourth-order valence-corrected chi connectivity index (χ4v) is 2.42. The van der Waals surface area contributed by atoms with Crippen LogP contribution in [0.1, 0.15) is 26.7 Å². The maximum Gasteiger partial charge on any atom is 0.225 e. The van der Waals surface area contributed by atoms with Gasteiger partial charge in [0, 0.05) is 57.5 Å². The molecule has 1 saturated heterocycles. The molecule has 1 aromatic heterocycles. The molecular weight excluding hydrogens is 294 g/mol. The molecule has 23 heavy (non-hydrogen) atoms. The standard InChI is InChI=1S/C16H25N5O2/c1-3-13(2)15(23)17-8-5-14(22)20-9-11-21(12-10-20)16-18-6-4-7-19-16/h4,6-7,13H,3,5,8-12H2,1-2H3,(H,17,23). The summed E-state index contributed by atoms with van der Waals surface area (Å²) in [4.78, 5) is 36.2. The van der Waals surface area contributed by atoms with E-state index in [2.05, 4.69) is 20.2 Å². The fourth-order valence-electron chi connectivity index (χ4n) is 2.42. The Morgan fingerprint density at radius 2 is 1.87 bits per heavy atom. The molecule has 2 rings (SSSR count). The molecule has 7 nitrogen and oxygen atoms in total. The highest BCUT2D eigenvalue weighted by Gasteiger charge is 2.22. The Kier molecular flexibility index (Phi) is 6.31. The van der Waals surface area contributed by atoms with Gasteiger partial charge in [-0.2, -0.15) is 0 Å². The maximum absolute atomic E-state index is 12.2. The second kappa shape index (κ2) is 8.45. The van der Waals surface area contributed by atoms with Gasteiger partial charge in [0.1, 0.15) is 0 Å². The molecular formula is C16H25N5O2. The second-order valence-electron chi connectivity index (χ2n) is 5.77. The largest absolute Gasteiger partial charge is 0.355 e. The molecule has 126 valence electrons. The summed E-state index contributed by atoms with van der Waals surface area (Å²) in [5.74, 6) is 0.814. The number of piperazine rings is 1. The van der Waals surface area contributed by atoms with Gasteiger partial charge in [0.2, 0.25) is 17.8 Å². The number of aromatic nitrogens is 2. The summed E-state index contributed by atoms with van der Waals surface area (Å²) < 4.78 is 0. The summed E-state index contributed by atoms with van der Waals surface area (Å²) >= 11 is 0. The lowest BCUT2D eigenvalue weighted by atomic mass is 10.1. The van der Waals surface area contributed by atoms with E-state index in [1.54, 1.807) is 18.5 Å². The maximum atomic E-state index is 12.2. The first kappa shape index (κ1) is 17.2. The quantitative estimate of drug-likeness (QED) is 0.834. The number of rotatable bonds is 6. The van der Waals surface area contributed by atoms with Crippen molar-refractivity contribution in [1.82, 2.24) is 20.2 Å². The first-order valence-electron chi connectivity index (χ1n) is 8.19. The third-order valence-corrected chi connectivity index (χ3v) is 4.17. The van der Waals surface area contributed by atoms with Gasteiger partial charge in [-0.05, 0) is 12.5 Å². The van der Waals surface area contributed by atoms with Crippen LogP contribution in [0.5, 0.6) is 0 Å². The van der Waals surface area contributed by atoms with Gasteiger partial charge in [0.25, 0.3) is 0 Å². The Morgan fingerprint density at radius 1 is 1.22 bits per heavy atom. The minimum Gasteiger partial charge on any atom is -0.355 e. The van der Waals surface area contributed by atoms with Crippen molar-refractivity contribution in [2.24, 2.45) is 5.92 Å². The number of nitrogens with zero attached hydrogens (tertiary/aromatic N) is 4. The molecule has 0 aliphatic carbocycles. The molecule has 1 atom stereocenters. The van der Waals surface area contributed by atoms with Gasteiger partial charge in [-0.1, -0.05) is 13.8 Å². The average molecular weight is 319 g/mol. The summed E-state index contributed by atoms with van der Waals surface area (Å²) in [6, 6.07) is 1.79. The highest BCUT2D eigenvalue weighted by Crippen LogP contribution is 2.10. The predicted octanol–water partition coefficient (Wildman–Crippen LogP) is 0.678. The van der Waals surface area contributed by atoms with Gasteiger partial charge >= 0.3 is 0 Å². The monoisotopic (exact) mass is 319 g/mol. The van der Waals surface area contributed by atoms with E-state index in [1.807, 2.05) is 18.7 Å². The van der Waals surface area contributed by atoms with Crippen molar-refractivity contribution in [2.45, 2.75) is 26.7 Å². The van der Waals surface area contributed by atoms with Crippen LogP contribution in [-0.2, 0) is 9.59 Å². The SMILES string of the molecule is CCC(C)C(=O)NCCC(=O)N1CCN(c2ncccn2)CC1. The van der Waals surface area contributed by atoms with E-state index in [0.29, 0.717) is 32.0 Å². The highest BCUT2D eigenvalue weighted by molar-refractivity contribution is 5.80. The number of hydrogen-bond donors (Lipinski definition) is 1. The van der Waals surface area contributed by atoms with Gasteiger partial charge in [0.05, 0.1) is 0 Å². The van der Waals surface area contributed by atoms with Crippen LogP contribution in [0.25, 0.3) is 0 Å². The van der Waals surface area contributed by atoms with E-state index >= 15 is 0 Å². The molecule has 1 aliphatic rings. The lowest BCUT2D eigenvalue weighted by Gasteiger charge is -2.34.